The first-order valence-corrected chi connectivity index (χ1v) is 11.1. The third kappa shape index (κ3) is 4.81. The predicted octanol–water partition coefficient (Wildman–Crippen LogP) is 4.66. The van der Waals surface area contributed by atoms with Gasteiger partial charge in [0.2, 0.25) is 0 Å². The molecular formula is C25H29ClN2O4. The van der Waals surface area contributed by atoms with Crippen LogP contribution in [0.25, 0.3) is 10.9 Å². The molecule has 0 bridgehead atoms. The van der Waals surface area contributed by atoms with E-state index in [1.807, 2.05) is 57.3 Å². The highest BCUT2D eigenvalue weighted by atomic mass is 35.5. The summed E-state index contributed by atoms with van der Waals surface area (Å²) in [5.74, 6) is -0.895. The summed E-state index contributed by atoms with van der Waals surface area (Å²) >= 11 is 6.36. The third-order valence-corrected chi connectivity index (χ3v) is 6.01. The molecule has 1 amide bonds. The van der Waals surface area contributed by atoms with E-state index in [9.17, 15) is 14.7 Å². The van der Waals surface area contributed by atoms with Gasteiger partial charge < -0.3 is 19.7 Å². The summed E-state index contributed by atoms with van der Waals surface area (Å²) < 4.78 is 6.95. The van der Waals surface area contributed by atoms with Crippen LogP contribution in [0.2, 0.25) is 5.02 Å². The van der Waals surface area contributed by atoms with Crippen LogP contribution in [0.5, 0.6) is 0 Å². The number of benzene rings is 2. The number of aromatic nitrogens is 1. The first kappa shape index (κ1) is 23.8. The predicted molar refractivity (Wildman–Crippen MR) is 126 cm³/mol. The SMILES string of the molecule is CCOC(=O)C(CC)c1ccc([C@@H](CO)NC(=O)c2cc3c(Cl)cc(C)cc3n2C)cc1. The zero-order chi connectivity index (χ0) is 23.4. The van der Waals surface area contributed by atoms with Crippen LogP contribution in [-0.2, 0) is 16.6 Å². The topological polar surface area (TPSA) is 80.6 Å². The number of hydrogen-bond donors (Lipinski definition) is 2. The average Bonchev–Trinajstić information content (AvgIpc) is 3.10. The summed E-state index contributed by atoms with van der Waals surface area (Å²) in [6, 6.07) is 12.3. The summed E-state index contributed by atoms with van der Waals surface area (Å²) in [7, 11) is 1.82. The Morgan fingerprint density at radius 1 is 1.12 bits per heavy atom. The molecule has 32 heavy (non-hydrogen) atoms. The van der Waals surface area contributed by atoms with Gasteiger partial charge in [-0.15, -0.1) is 0 Å². The molecule has 0 radical (unpaired) electrons. The lowest BCUT2D eigenvalue weighted by atomic mass is 9.94. The highest BCUT2D eigenvalue weighted by molar-refractivity contribution is 6.35. The number of nitrogens with one attached hydrogen (secondary N) is 1. The number of halogens is 1. The van der Waals surface area contributed by atoms with Gasteiger partial charge in [-0.3, -0.25) is 9.59 Å². The van der Waals surface area contributed by atoms with Crippen molar-refractivity contribution in [2.24, 2.45) is 7.05 Å². The molecule has 3 aromatic rings. The van der Waals surface area contributed by atoms with Gasteiger partial charge in [0.05, 0.1) is 35.7 Å². The van der Waals surface area contributed by atoms with Gasteiger partial charge >= 0.3 is 5.97 Å². The molecule has 7 heteroatoms. The lowest BCUT2D eigenvalue weighted by Crippen LogP contribution is -2.32. The second kappa shape index (κ2) is 10.2. The molecule has 170 valence electrons. The van der Waals surface area contributed by atoms with Gasteiger partial charge in [-0.25, -0.2) is 0 Å². The van der Waals surface area contributed by atoms with Crippen LogP contribution in [0.1, 0.15) is 59.4 Å². The van der Waals surface area contributed by atoms with Crippen LogP contribution in [0.15, 0.2) is 42.5 Å². The van der Waals surface area contributed by atoms with Gasteiger partial charge in [-0.2, -0.15) is 0 Å². The molecule has 0 aliphatic heterocycles. The van der Waals surface area contributed by atoms with Crippen molar-refractivity contribution in [1.82, 2.24) is 9.88 Å². The Morgan fingerprint density at radius 2 is 1.78 bits per heavy atom. The van der Waals surface area contributed by atoms with E-state index in [0.29, 0.717) is 23.7 Å². The van der Waals surface area contributed by atoms with E-state index in [-0.39, 0.29) is 24.4 Å². The van der Waals surface area contributed by atoms with Crippen molar-refractivity contribution in [3.05, 3.63) is 69.9 Å². The number of amides is 1. The monoisotopic (exact) mass is 456 g/mol. The van der Waals surface area contributed by atoms with E-state index < -0.39 is 6.04 Å². The number of aryl methyl sites for hydroxylation is 2. The fourth-order valence-corrected chi connectivity index (χ4v) is 4.27. The molecule has 0 fully saturated rings. The Balaban J connectivity index is 1.81. The van der Waals surface area contributed by atoms with E-state index >= 15 is 0 Å². The van der Waals surface area contributed by atoms with Crippen molar-refractivity contribution in [2.45, 2.75) is 39.2 Å². The molecular weight excluding hydrogens is 428 g/mol. The lowest BCUT2D eigenvalue weighted by Gasteiger charge is -2.19. The number of rotatable bonds is 8. The summed E-state index contributed by atoms with van der Waals surface area (Å²) in [6.07, 6.45) is 0.626. The molecule has 6 nitrogen and oxygen atoms in total. The van der Waals surface area contributed by atoms with Gasteiger partial charge in [0.1, 0.15) is 5.69 Å². The van der Waals surface area contributed by atoms with Gasteiger partial charge in [0.15, 0.2) is 0 Å². The zero-order valence-corrected chi connectivity index (χ0v) is 19.6. The molecule has 0 aliphatic carbocycles. The summed E-state index contributed by atoms with van der Waals surface area (Å²) in [6.45, 7) is 5.75. The molecule has 1 heterocycles. The van der Waals surface area contributed by atoms with E-state index in [1.54, 1.807) is 17.6 Å². The first-order chi connectivity index (χ1) is 15.3. The molecule has 0 spiro atoms. The third-order valence-electron chi connectivity index (χ3n) is 5.70. The van der Waals surface area contributed by atoms with Crippen molar-refractivity contribution in [3.63, 3.8) is 0 Å². The second-order valence-electron chi connectivity index (χ2n) is 7.86. The number of ether oxygens (including phenoxy) is 1. The maximum Gasteiger partial charge on any atom is 0.313 e. The number of aliphatic hydroxyl groups excluding tert-OH is 1. The van der Waals surface area contributed by atoms with E-state index in [2.05, 4.69) is 5.32 Å². The van der Waals surface area contributed by atoms with Crippen LogP contribution in [0.3, 0.4) is 0 Å². The number of aliphatic hydroxyl groups is 1. The molecule has 0 aliphatic rings. The number of hydrogen-bond acceptors (Lipinski definition) is 4. The van der Waals surface area contributed by atoms with Crippen LogP contribution in [0.4, 0.5) is 0 Å². The first-order valence-electron chi connectivity index (χ1n) is 10.7. The lowest BCUT2D eigenvalue weighted by molar-refractivity contribution is -0.145. The molecule has 1 unspecified atom stereocenters. The van der Waals surface area contributed by atoms with Crippen molar-refractivity contribution in [2.75, 3.05) is 13.2 Å². The van der Waals surface area contributed by atoms with E-state index in [4.69, 9.17) is 16.3 Å². The quantitative estimate of drug-likeness (QED) is 0.483. The smallest absolute Gasteiger partial charge is 0.313 e. The Kier molecular flexibility index (Phi) is 7.59. The molecule has 2 N–H and O–H groups in total. The largest absolute Gasteiger partial charge is 0.466 e. The van der Waals surface area contributed by atoms with Gasteiger partial charge in [-0.05, 0) is 55.2 Å². The Labute approximate surface area is 193 Å². The zero-order valence-electron chi connectivity index (χ0n) is 18.8. The molecule has 0 saturated carbocycles. The Hall–Kier alpha value is -2.83. The van der Waals surface area contributed by atoms with Crippen molar-refractivity contribution < 1.29 is 19.4 Å². The van der Waals surface area contributed by atoms with Crippen LogP contribution < -0.4 is 5.32 Å². The maximum absolute atomic E-state index is 13.0. The number of carbonyl (C=O) groups is 2. The standard InChI is InChI=1S/C25H29ClN2O4/c1-5-18(25(31)32-6-2)16-7-9-17(10-8-16)21(14-29)27-24(30)23-13-19-20(26)11-15(3)12-22(19)28(23)4/h7-13,18,21,29H,5-6,14H2,1-4H3,(H,27,30)/t18?,21-/m1/s1. The second-order valence-corrected chi connectivity index (χ2v) is 8.26. The Bertz CT molecular complexity index is 1120. The van der Waals surface area contributed by atoms with Crippen molar-refractivity contribution >= 4 is 34.4 Å². The van der Waals surface area contributed by atoms with Crippen molar-refractivity contribution in [1.29, 1.82) is 0 Å². The van der Waals surface area contributed by atoms with E-state index in [1.165, 1.54) is 0 Å². The van der Waals surface area contributed by atoms with Gasteiger partial charge in [0.25, 0.3) is 5.91 Å². The normalized spacial score (nSPS) is 13.1. The molecule has 0 saturated heterocycles. The number of fused-ring (bicyclic) bond motifs is 1. The van der Waals surface area contributed by atoms with Gasteiger partial charge in [0, 0.05) is 12.4 Å². The Morgan fingerprint density at radius 3 is 2.38 bits per heavy atom. The highest BCUT2D eigenvalue weighted by Crippen LogP contribution is 2.29. The number of carbonyl (C=O) groups excluding carboxylic acids is 2. The average molecular weight is 457 g/mol. The minimum atomic E-state index is -0.588. The fourth-order valence-electron chi connectivity index (χ4n) is 3.95. The van der Waals surface area contributed by atoms with Crippen LogP contribution in [-0.4, -0.2) is 34.8 Å². The maximum atomic E-state index is 13.0. The fraction of sp³-hybridized carbons (Fsp3) is 0.360. The summed E-state index contributed by atoms with van der Waals surface area (Å²) in [5.41, 5.74) is 3.93. The van der Waals surface area contributed by atoms with Crippen LogP contribution in [0, 0.1) is 6.92 Å². The van der Waals surface area contributed by atoms with Crippen molar-refractivity contribution in [3.8, 4) is 0 Å². The molecule has 1 aromatic heterocycles. The number of nitrogens with zero attached hydrogens (tertiary/aromatic N) is 1. The van der Waals surface area contributed by atoms with E-state index in [0.717, 1.165) is 27.6 Å². The summed E-state index contributed by atoms with van der Waals surface area (Å²) in [4.78, 5) is 25.2. The minimum Gasteiger partial charge on any atom is -0.466 e. The van der Waals surface area contributed by atoms with Gasteiger partial charge in [-0.1, -0.05) is 42.8 Å². The molecule has 2 atom stereocenters. The molecule has 2 aromatic carbocycles. The molecule has 3 rings (SSSR count). The highest BCUT2D eigenvalue weighted by Gasteiger charge is 2.22. The summed E-state index contributed by atoms with van der Waals surface area (Å²) in [5, 5.41) is 14.2. The minimum absolute atomic E-state index is 0.251. The van der Waals surface area contributed by atoms with Crippen LogP contribution >= 0.6 is 11.6 Å². The number of esters is 1.